The van der Waals surface area contributed by atoms with Gasteiger partial charge in [0.05, 0.1) is 5.69 Å². The number of aromatic nitrogens is 3. The molecule has 0 radical (unpaired) electrons. The third-order valence-corrected chi connectivity index (χ3v) is 5.30. The van der Waals surface area contributed by atoms with Gasteiger partial charge < -0.3 is 5.32 Å². The van der Waals surface area contributed by atoms with Crippen molar-refractivity contribution in [2.75, 3.05) is 5.32 Å². The van der Waals surface area contributed by atoms with Crippen LogP contribution in [0.2, 0.25) is 5.02 Å². The number of nitrogens with one attached hydrogen (secondary N) is 1. The number of carbonyl (C=O) groups is 1. The van der Waals surface area contributed by atoms with Gasteiger partial charge in [-0.25, -0.2) is 9.67 Å². The Labute approximate surface area is 189 Å². The number of benzene rings is 3. The van der Waals surface area contributed by atoms with Crippen LogP contribution in [0.5, 0.6) is 0 Å². The van der Waals surface area contributed by atoms with Crippen molar-refractivity contribution < 1.29 is 4.79 Å². The van der Waals surface area contributed by atoms with Crippen LogP contribution in [0.3, 0.4) is 0 Å². The molecule has 1 aromatic heterocycles. The average Bonchev–Trinajstić information content (AvgIpc) is 3.14. The number of nitrogens with zero attached hydrogens (tertiary/aromatic N) is 3. The molecule has 4 rings (SSSR count). The number of hydrogen-bond donors (Lipinski definition) is 1. The van der Waals surface area contributed by atoms with Crippen molar-refractivity contribution in [2.45, 2.75) is 0 Å². The van der Waals surface area contributed by atoms with Crippen LogP contribution in [-0.2, 0) is 0 Å². The van der Waals surface area contributed by atoms with Gasteiger partial charge in [-0.3, -0.25) is 4.79 Å². The van der Waals surface area contributed by atoms with Crippen molar-refractivity contribution in [1.82, 2.24) is 14.8 Å². The summed E-state index contributed by atoms with van der Waals surface area (Å²) in [6.45, 7) is 0. The number of amides is 1. The Kier molecular flexibility index (Phi) is 5.80. The van der Waals surface area contributed by atoms with Crippen LogP contribution < -0.4 is 5.32 Å². The Hall–Kier alpha value is -2.48. The second-order valence-corrected chi connectivity index (χ2v) is 8.39. The highest BCUT2D eigenvalue weighted by Crippen LogP contribution is 2.25. The van der Waals surface area contributed by atoms with Gasteiger partial charge in [-0.1, -0.05) is 61.7 Å². The van der Waals surface area contributed by atoms with E-state index in [0.717, 1.165) is 20.2 Å². The van der Waals surface area contributed by atoms with Crippen LogP contribution in [0.15, 0.2) is 81.7 Å². The lowest BCUT2D eigenvalue weighted by Gasteiger charge is -2.06. The summed E-state index contributed by atoms with van der Waals surface area (Å²) in [5, 5.41) is 7.86. The summed E-state index contributed by atoms with van der Waals surface area (Å²) in [5.74, 6) is 0.180. The van der Waals surface area contributed by atoms with Crippen LogP contribution in [0.25, 0.3) is 17.1 Å². The van der Waals surface area contributed by atoms with E-state index in [-0.39, 0.29) is 5.82 Å². The number of anilines is 1. The summed E-state index contributed by atoms with van der Waals surface area (Å²) < 4.78 is 3.44. The SMILES string of the molecule is O=C(Nc1cccc(Br)c1)c1nc(-c2cccc(Cl)c2)n(-c2ccc(Br)cc2)n1. The number of rotatable bonds is 4. The van der Waals surface area contributed by atoms with Crippen LogP contribution in [0.4, 0.5) is 5.69 Å². The molecule has 5 nitrogen and oxygen atoms in total. The molecule has 0 saturated carbocycles. The first-order valence-electron chi connectivity index (χ1n) is 8.55. The van der Waals surface area contributed by atoms with E-state index >= 15 is 0 Å². The van der Waals surface area contributed by atoms with Gasteiger partial charge >= 0.3 is 0 Å². The minimum Gasteiger partial charge on any atom is -0.319 e. The van der Waals surface area contributed by atoms with E-state index in [1.165, 1.54) is 0 Å². The topological polar surface area (TPSA) is 59.8 Å². The molecule has 29 heavy (non-hydrogen) atoms. The minimum atomic E-state index is -0.401. The summed E-state index contributed by atoms with van der Waals surface area (Å²) in [7, 11) is 0. The van der Waals surface area contributed by atoms with Crippen molar-refractivity contribution in [3.8, 4) is 17.1 Å². The number of carbonyl (C=O) groups excluding carboxylic acids is 1. The maximum absolute atomic E-state index is 12.8. The predicted molar refractivity (Wildman–Crippen MR) is 122 cm³/mol. The molecule has 0 bridgehead atoms. The van der Waals surface area contributed by atoms with Gasteiger partial charge in [-0.2, -0.15) is 0 Å². The molecule has 0 spiro atoms. The molecule has 1 N–H and O–H groups in total. The van der Waals surface area contributed by atoms with Gasteiger partial charge in [0.2, 0.25) is 5.82 Å². The summed E-state index contributed by atoms with van der Waals surface area (Å²) in [5.41, 5.74) is 2.18. The van der Waals surface area contributed by atoms with Gasteiger partial charge in [0, 0.05) is 25.2 Å². The van der Waals surface area contributed by atoms with Crippen LogP contribution in [-0.4, -0.2) is 20.7 Å². The Bertz CT molecular complexity index is 1190. The maximum Gasteiger partial charge on any atom is 0.295 e. The van der Waals surface area contributed by atoms with Gasteiger partial charge in [-0.15, -0.1) is 5.10 Å². The first-order chi connectivity index (χ1) is 14.0. The highest BCUT2D eigenvalue weighted by Gasteiger charge is 2.19. The second-order valence-electron chi connectivity index (χ2n) is 6.12. The van der Waals surface area contributed by atoms with Crippen LogP contribution in [0, 0.1) is 0 Å². The van der Waals surface area contributed by atoms with E-state index in [1.807, 2.05) is 54.6 Å². The van der Waals surface area contributed by atoms with Crippen LogP contribution >= 0.6 is 43.5 Å². The Morgan fingerprint density at radius 1 is 0.931 bits per heavy atom. The van der Waals surface area contributed by atoms with Crippen LogP contribution in [0.1, 0.15) is 10.6 Å². The van der Waals surface area contributed by atoms with Crippen molar-refractivity contribution in [2.24, 2.45) is 0 Å². The smallest absolute Gasteiger partial charge is 0.295 e. The highest BCUT2D eigenvalue weighted by molar-refractivity contribution is 9.10. The molecule has 0 saturated heterocycles. The number of hydrogen-bond acceptors (Lipinski definition) is 3. The molecule has 1 heterocycles. The molecule has 144 valence electrons. The molecule has 0 fully saturated rings. The average molecular weight is 533 g/mol. The monoisotopic (exact) mass is 530 g/mol. The lowest BCUT2D eigenvalue weighted by Crippen LogP contribution is -2.14. The fraction of sp³-hybridized carbons (Fsp3) is 0. The molecule has 8 heteroatoms. The molecular weight excluding hydrogens is 520 g/mol. The highest BCUT2D eigenvalue weighted by atomic mass is 79.9. The summed E-state index contributed by atoms with van der Waals surface area (Å²) in [6, 6.07) is 22.2. The zero-order valence-electron chi connectivity index (χ0n) is 14.8. The molecule has 0 aliphatic heterocycles. The lowest BCUT2D eigenvalue weighted by atomic mass is 10.2. The van der Waals surface area contributed by atoms with Crippen molar-refractivity contribution in [1.29, 1.82) is 0 Å². The molecule has 0 aliphatic rings. The zero-order chi connectivity index (χ0) is 20.4. The van der Waals surface area contributed by atoms with E-state index in [2.05, 4.69) is 47.3 Å². The lowest BCUT2D eigenvalue weighted by molar-refractivity contribution is 0.101. The van der Waals surface area contributed by atoms with Crippen molar-refractivity contribution >= 4 is 55.1 Å². The van der Waals surface area contributed by atoms with Crippen molar-refractivity contribution in [3.05, 3.63) is 92.6 Å². The largest absolute Gasteiger partial charge is 0.319 e. The minimum absolute atomic E-state index is 0.0582. The molecular formula is C21H13Br2ClN4O. The molecule has 0 aliphatic carbocycles. The Balaban J connectivity index is 1.76. The Morgan fingerprint density at radius 2 is 1.69 bits per heavy atom. The predicted octanol–water partition coefficient (Wildman–Crippen LogP) is 6.37. The molecule has 0 unspecified atom stereocenters. The molecule has 3 aromatic carbocycles. The van der Waals surface area contributed by atoms with E-state index < -0.39 is 5.91 Å². The first kappa shape index (κ1) is 19.8. The third-order valence-electron chi connectivity index (χ3n) is 4.05. The summed E-state index contributed by atoms with van der Waals surface area (Å²) in [4.78, 5) is 17.3. The van der Waals surface area contributed by atoms with E-state index in [1.54, 1.807) is 22.9 Å². The standard InChI is InChI=1S/C21H13Br2ClN4O/c22-14-7-9-18(10-8-14)28-20(13-3-1-5-16(24)11-13)26-19(27-28)21(29)25-17-6-2-4-15(23)12-17/h1-12H,(H,25,29). The normalized spacial score (nSPS) is 10.7. The molecule has 4 aromatic rings. The second kappa shape index (κ2) is 8.49. The third kappa shape index (κ3) is 4.58. The Morgan fingerprint density at radius 3 is 2.41 bits per heavy atom. The van der Waals surface area contributed by atoms with Gasteiger partial charge in [0.25, 0.3) is 5.91 Å². The number of halogens is 3. The first-order valence-corrected chi connectivity index (χ1v) is 10.5. The summed E-state index contributed by atoms with van der Waals surface area (Å²) >= 11 is 13.0. The fourth-order valence-corrected chi connectivity index (χ4v) is 3.59. The van der Waals surface area contributed by atoms with E-state index in [9.17, 15) is 4.79 Å². The van der Waals surface area contributed by atoms with Gasteiger partial charge in [0.15, 0.2) is 5.82 Å². The van der Waals surface area contributed by atoms with E-state index in [0.29, 0.717) is 16.5 Å². The summed E-state index contributed by atoms with van der Waals surface area (Å²) in [6.07, 6.45) is 0. The molecule has 1 amide bonds. The maximum atomic E-state index is 12.8. The molecule has 0 atom stereocenters. The fourth-order valence-electron chi connectivity index (χ4n) is 2.74. The van der Waals surface area contributed by atoms with Gasteiger partial charge in [0.1, 0.15) is 0 Å². The van der Waals surface area contributed by atoms with E-state index in [4.69, 9.17) is 11.6 Å². The quantitative estimate of drug-likeness (QED) is 0.333. The zero-order valence-corrected chi connectivity index (χ0v) is 18.7. The van der Waals surface area contributed by atoms with Gasteiger partial charge in [-0.05, 0) is 54.6 Å². The van der Waals surface area contributed by atoms with Crippen molar-refractivity contribution in [3.63, 3.8) is 0 Å².